The lowest BCUT2D eigenvalue weighted by molar-refractivity contribution is -0.210. The predicted molar refractivity (Wildman–Crippen MR) is 46.2 cm³/mol. The number of allylic oxidation sites excluding steroid dienone is 4. The Labute approximate surface area is 76.1 Å². The van der Waals surface area contributed by atoms with Gasteiger partial charge in [-0.05, 0) is 19.8 Å². The van der Waals surface area contributed by atoms with Gasteiger partial charge in [-0.15, -0.1) is 0 Å². The Balaban J connectivity index is 3.09. The van der Waals surface area contributed by atoms with Crippen molar-refractivity contribution in [2.24, 2.45) is 11.3 Å². The van der Waals surface area contributed by atoms with Crippen molar-refractivity contribution in [3.63, 3.8) is 0 Å². The van der Waals surface area contributed by atoms with Crippen LogP contribution in [-0.4, -0.2) is 6.18 Å². The smallest absolute Gasteiger partial charge is 0.170 e. The molecular formula is C10H13F3. The van der Waals surface area contributed by atoms with Crippen LogP contribution in [0.5, 0.6) is 0 Å². The van der Waals surface area contributed by atoms with Gasteiger partial charge in [0.1, 0.15) is 0 Å². The average molecular weight is 190 g/mol. The van der Waals surface area contributed by atoms with Gasteiger partial charge in [0, 0.05) is 0 Å². The highest BCUT2D eigenvalue weighted by Crippen LogP contribution is 2.47. The van der Waals surface area contributed by atoms with Gasteiger partial charge in [0.25, 0.3) is 0 Å². The van der Waals surface area contributed by atoms with E-state index in [1.165, 1.54) is 13.0 Å². The first-order valence-electron chi connectivity index (χ1n) is 4.22. The summed E-state index contributed by atoms with van der Waals surface area (Å²) in [4.78, 5) is 0. The zero-order valence-corrected chi connectivity index (χ0v) is 7.94. The maximum atomic E-state index is 12.7. The molecule has 0 amide bonds. The number of halogens is 3. The summed E-state index contributed by atoms with van der Waals surface area (Å²) in [5.74, 6) is -0.490. The van der Waals surface area contributed by atoms with Gasteiger partial charge in [-0.1, -0.05) is 30.7 Å². The second-order valence-electron chi connectivity index (χ2n) is 3.82. The molecule has 1 aliphatic rings. The second-order valence-corrected chi connectivity index (χ2v) is 3.82. The van der Waals surface area contributed by atoms with Crippen LogP contribution in [0.2, 0.25) is 0 Å². The third-order valence-corrected chi connectivity index (χ3v) is 2.73. The molecule has 0 aromatic rings. The molecule has 0 aromatic carbocycles. The lowest BCUT2D eigenvalue weighted by Gasteiger charge is -2.35. The van der Waals surface area contributed by atoms with Gasteiger partial charge in [0.05, 0.1) is 5.41 Å². The molecule has 0 bridgehead atoms. The molecule has 0 saturated heterocycles. The van der Waals surface area contributed by atoms with Gasteiger partial charge < -0.3 is 0 Å². The van der Waals surface area contributed by atoms with E-state index in [1.54, 1.807) is 26.0 Å². The highest BCUT2D eigenvalue weighted by Gasteiger charge is 2.52. The summed E-state index contributed by atoms with van der Waals surface area (Å²) >= 11 is 0. The van der Waals surface area contributed by atoms with Crippen molar-refractivity contribution in [1.82, 2.24) is 0 Å². The molecule has 0 aromatic heterocycles. The molecule has 0 heterocycles. The van der Waals surface area contributed by atoms with E-state index in [9.17, 15) is 13.2 Å². The molecule has 0 radical (unpaired) electrons. The van der Waals surface area contributed by atoms with E-state index in [1.807, 2.05) is 0 Å². The minimum Gasteiger partial charge on any atom is -0.170 e. The van der Waals surface area contributed by atoms with Crippen molar-refractivity contribution in [3.8, 4) is 0 Å². The maximum Gasteiger partial charge on any atom is 0.398 e. The Morgan fingerprint density at radius 1 is 1.38 bits per heavy atom. The summed E-state index contributed by atoms with van der Waals surface area (Å²) in [6.07, 6.45) is 0.483. The van der Waals surface area contributed by atoms with E-state index in [0.29, 0.717) is 5.57 Å². The van der Waals surface area contributed by atoms with Crippen molar-refractivity contribution in [2.75, 3.05) is 0 Å². The molecule has 0 saturated carbocycles. The van der Waals surface area contributed by atoms with Crippen LogP contribution in [0.3, 0.4) is 0 Å². The maximum absolute atomic E-state index is 12.7. The Bertz CT molecular complexity index is 260. The molecule has 13 heavy (non-hydrogen) atoms. The molecule has 74 valence electrons. The van der Waals surface area contributed by atoms with Crippen LogP contribution in [-0.2, 0) is 0 Å². The van der Waals surface area contributed by atoms with Crippen LogP contribution in [0, 0.1) is 11.3 Å². The summed E-state index contributed by atoms with van der Waals surface area (Å²) in [6, 6.07) is 0. The standard InChI is InChI=1S/C10H13F3/c1-7-4-5-8(2)9(3,6-7)10(11,12)13/h4-6,8H,1-3H3. The van der Waals surface area contributed by atoms with Gasteiger partial charge in [0.15, 0.2) is 0 Å². The topological polar surface area (TPSA) is 0 Å². The van der Waals surface area contributed by atoms with Crippen molar-refractivity contribution in [1.29, 1.82) is 0 Å². The minimum atomic E-state index is -4.17. The van der Waals surface area contributed by atoms with E-state index >= 15 is 0 Å². The van der Waals surface area contributed by atoms with E-state index in [-0.39, 0.29) is 0 Å². The SMILES string of the molecule is CC1=CC(C)(C(F)(F)F)C(C)C=C1. The van der Waals surface area contributed by atoms with Crippen LogP contribution in [0.15, 0.2) is 23.8 Å². The minimum absolute atomic E-state index is 0.490. The summed E-state index contributed by atoms with van der Waals surface area (Å²) in [5.41, 5.74) is -1.02. The molecule has 0 aliphatic heterocycles. The highest BCUT2D eigenvalue weighted by molar-refractivity contribution is 5.27. The zero-order valence-electron chi connectivity index (χ0n) is 7.94. The molecular weight excluding hydrogens is 177 g/mol. The lowest BCUT2D eigenvalue weighted by Crippen LogP contribution is -2.39. The molecule has 0 fully saturated rings. The fraction of sp³-hybridized carbons (Fsp3) is 0.600. The van der Waals surface area contributed by atoms with E-state index < -0.39 is 17.5 Å². The van der Waals surface area contributed by atoms with Crippen LogP contribution in [0.4, 0.5) is 13.2 Å². The van der Waals surface area contributed by atoms with Crippen molar-refractivity contribution in [2.45, 2.75) is 26.9 Å². The van der Waals surface area contributed by atoms with Gasteiger partial charge in [-0.25, -0.2) is 0 Å². The molecule has 2 atom stereocenters. The molecule has 0 spiro atoms. The fourth-order valence-electron chi connectivity index (χ4n) is 1.49. The fourth-order valence-corrected chi connectivity index (χ4v) is 1.49. The monoisotopic (exact) mass is 190 g/mol. The quantitative estimate of drug-likeness (QED) is 0.546. The average Bonchev–Trinajstić information content (AvgIpc) is 1.95. The molecule has 0 nitrogen and oxygen atoms in total. The first kappa shape index (κ1) is 10.4. The summed E-state index contributed by atoms with van der Waals surface area (Å²) in [5, 5.41) is 0. The lowest BCUT2D eigenvalue weighted by atomic mass is 9.73. The summed E-state index contributed by atoms with van der Waals surface area (Å²) < 4.78 is 38.0. The van der Waals surface area contributed by atoms with Crippen molar-refractivity contribution < 1.29 is 13.2 Å². The van der Waals surface area contributed by atoms with Crippen LogP contribution in [0.25, 0.3) is 0 Å². The van der Waals surface area contributed by atoms with Crippen LogP contribution < -0.4 is 0 Å². The highest BCUT2D eigenvalue weighted by atomic mass is 19.4. The largest absolute Gasteiger partial charge is 0.398 e. The zero-order chi connectivity index (χ0) is 10.3. The number of hydrogen-bond acceptors (Lipinski definition) is 0. The van der Waals surface area contributed by atoms with E-state index in [4.69, 9.17) is 0 Å². The first-order chi connectivity index (χ1) is 5.77. The molecule has 2 unspecified atom stereocenters. The number of alkyl halides is 3. The summed E-state index contributed by atoms with van der Waals surface area (Å²) in [7, 11) is 0. The Morgan fingerprint density at radius 3 is 2.31 bits per heavy atom. The van der Waals surface area contributed by atoms with Crippen molar-refractivity contribution in [3.05, 3.63) is 23.8 Å². The van der Waals surface area contributed by atoms with Gasteiger partial charge >= 0.3 is 6.18 Å². The van der Waals surface area contributed by atoms with Crippen LogP contribution >= 0.6 is 0 Å². The van der Waals surface area contributed by atoms with Gasteiger partial charge in [-0.3, -0.25) is 0 Å². The van der Waals surface area contributed by atoms with Gasteiger partial charge in [0.2, 0.25) is 0 Å². The second kappa shape index (κ2) is 2.89. The third kappa shape index (κ3) is 1.64. The van der Waals surface area contributed by atoms with E-state index in [2.05, 4.69) is 0 Å². The van der Waals surface area contributed by atoms with E-state index in [0.717, 1.165) is 0 Å². The molecule has 3 heteroatoms. The van der Waals surface area contributed by atoms with Gasteiger partial charge in [-0.2, -0.15) is 13.2 Å². The Hall–Kier alpha value is -0.730. The molecule has 1 aliphatic carbocycles. The molecule has 1 rings (SSSR count). The number of hydrogen-bond donors (Lipinski definition) is 0. The summed E-state index contributed by atoms with van der Waals surface area (Å²) in [6.45, 7) is 4.52. The van der Waals surface area contributed by atoms with Crippen molar-refractivity contribution >= 4 is 0 Å². The van der Waals surface area contributed by atoms with Crippen LogP contribution in [0.1, 0.15) is 20.8 Å². The number of rotatable bonds is 0. The Morgan fingerprint density at radius 2 is 1.92 bits per heavy atom. The normalized spacial score (nSPS) is 34.6. The molecule has 0 N–H and O–H groups in total. The third-order valence-electron chi connectivity index (χ3n) is 2.73. The predicted octanol–water partition coefficient (Wildman–Crippen LogP) is 3.71. The Kier molecular flexibility index (Phi) is 2.30. The first-order valence-corrected chi connectivity index (χ1v) is 4.22.